The fourth-order valence-electron chi connectivity index (χ4n) is 5.15. The van der Waals surface area contributed by atoms with E-state index in [0.29, 0.717) is 17.9 Å². The fraction of sp³-hybridized carbons (Fsp3) is 0.370. The lowest BCUT2D eigenvalue weighted by atomic mass is 10.0. The molecule has 46 heavy (non-hydrogen) atoms. The predicted molar refractivity (Wildman–Crippen MR) is 171 cm³/mol. The number of β-lactam (4-membered cyclic amide) rings is 1. The van der Waals surface area contributed by atoms with Crippen molar-refractivity contribution in [3.63, 3.8) is 0 Å². The van der Waals surface area contributed by atoms with Gasteiger partial charge in [0, 0.05) is 23.9 Å². The molecule has 244 valence electrons. The minimum absolute atomic E-state index is 0.00472. The Bertz CT molecular complexity index is 1790. The Balaban J connectivity index is 1.38. The second-order valence-corrected chi connectivity index (χ2v) is 13.1. The average molecular weight is 693 g/mol. The summed E-state index contributed by atoms with van der Waals surface area (Å²) < 4.78 is 3.90. The number of hydrogen-bond donors (Lipinski definition) is 6. The number of nitrogen functional groups attached to an aromatic ring is 2. The van der Waals surface area contributed by atoms with E-state index in [1.54, 1.807) is 0 Å². The molecule has 5 heterocycles. The summed E-state index contributed by atoms with van der Waals surface area (Å²) in [6, 6.07) is 4.53. The highest BCUT2D eigenvalue weighted by Crippen LogP contribution is 2.40. The van der Waals surface area contributed by atoms with Gasteiger partial charge in [-0.1, -0.05) is 28.1 Å². The topological polar surface area (TPSA) is 231 Å². The van der Waals surface area contributed by atoms with E-state index in [2.05, 4.69) is 20.8 Å². The number of carbonyl (C=O) groups excluding carboxylic acids is 2. The van der Waals surface area contributed by atoms with Gasteiger partial charge in [0.2, 0.25) is 11.6 Å². The van der Waals surface area contributed by atoms with Crippen LogP contribution in [0.1, 0.15) is 19.0 Å². The van der Waals surface area contributed by atoms with Crippen molar-refractivity contribution in [2.75, 3.05) is 30.8 Å². The van der Waals surface area contributed by atoms with E-state index >= 15 is 0 Å². The lowest BCUT2D eigenvalue weighted by Gasteiger charge is -2.49. The van der Waals surface area contributed by atoms with Gasteiger partial charge in [-0.3, -0.25) is 14.5 Å². The van der Waals surface area contributed by atoms with Crippen molar-refractivity contribution in [2.24, 2.45) is 5.16 Å². The molecular formula is C27H31ClN9O7S2+. The monoisotopic (exact) mass is 692 g/mol. The molecule has 0 aliphatic carbocycles. The molecule has 0 saturated carbocycles. The van der Waals surface area contributed by atoms with Crippen LogP contribution in [0.25, 0.3) is 11.0 Å². The van der Waals surface area contributed by atoms with Crippen LogP contribution < -0.4 is 26.7 Å². The number of fused-ring (bicyclic) bond motifs is 2. The lowest BCUT2D eigenvalue weighted by Crippen LogP contribution is -2.71. The normalized spacial score (nSPS) is 18.7. The zero-order valence-corrected chi connectivity index (χ0v) is 27.0. The van der Waals surface area contributed by atoms with Gasteiger partial charge >= 0.3 is 11.9 Å². The minimum Gasteiger partial charge on any atom is -0.478 e. The number of carboxylic acid groups (broad SMARTS) is 2. The molecule has 0 radical (unpaired) electrons. The molecule has 2 unspecified atom stereocenters. The average Bonchev–Trinajstić information content (AvgIpc) is 3.52. The van der Waals surface area contributed by atoms with Gasteiger partial charge in [-0.25, -0.2) is 14.6 Å². The van der Waals surface area contributed by atoms with Crippen LogP contribution >= 0.6 is 34.7 Å². The first kappa shape index (κ1) is 33.0. The van der Waals surface area contributed by atoms with Crippen LogP contribution in [-0.2, 0) is 37.1 Å². The Kier molecular flexibility index (Phi) is 9.71. The van der Waals surface area contributed by atoms with Crippen molar-refractivity contribution in [3.05, 3.63) is 45.7 Å². The van der Waals surface area contributed by atoms with Crippen LogP contribution in [0, 0.1) is 0 Å². The first-order valence-corrected chi connectivity index (χ1v) is 16.2. The molecule has 3 aromatic rings. The second kappa shape index (κ2) is 13.5. The number of thiazole rings is 1. The van der Waals surface area contributed by atoms with Gasteiger partial charge in [0.1, 0.15) is 38.5 Å². The number of carboxylic acids is 2. The molecule has 3 aromatic heterocycles. The first-order chi connectivity index (χ1) is 21.9. The zero-order valence-electron chi connectivity index (χ0n) is 24.6. The van der Waals surface area contributed by atoms with Crippen molar-refractivity contribution in [2.45, 2.75) is 44.0 Å². The summed E-state index contributed by atoms with van der Waals surface area (Å²) in [4.78, 5) is 60.5. The molecule has 0 bridgehead atoms. The standard InChI is InChI=1S/C27H30ClN9O7S2/c1-12(25(40)41)44-34-18(17-21(28)46-27(30)33-17)22(38)32-19-23(39)37-20(26(42)43)13(11-45-24(19)37)10-35-7-3-5-14-15(35)9-16(29)36(14)8-4-6-31-2/h3,5,7,9,12,19,24,29,31H,4,6,8,10-11H2,1-2H3,(H5,30,32,33,38,40,41,42,43)/p+1/t12-,19?,24?/m0/s1. The van der Waals surface area contributed by atoms with Gasteiger partial charge in [-0.05, 0) is 33.0 Å². The summed E-state index contributed by atoms with van der Waals surface area (Å²) in [7, 11) is 1.88. The quantitative estimate of drug-likeness (QED) is 0.0471. The predicted octanol–water partition coefficient (Wildman–Crippen LogP) is 0.445. The van der Waals surface area contributed by atoms with E-state index in [-0.39, 0.29) is 33.2 Å². The number of hydrogen-bond acceptors (Lipinski definition) is 12. The van der Waals surface area contributed by atoms with E-state index in [4.69, 9.17) is 33.0 Å². The van der Waals surface area contributed by atoms with Gasteiger partial charge in [0.25, 0.3) is 11.8 Å². The molecule has 2 amide bonds. The number of thioether (sulfide) groups is 1. The lowest BCUT2D eigenvalue weighted by molar-refractivity contribution is -0.663. The summed E-state index contributed by atoms with van der Waals surface area (Å²) in [6.07, 6.45) is 1.28. The third kappa shape index (κ3) is 6.33. The molecule has 1 saturated heterocycles. The molecule has 3 atom stereocenters. The van der Waals surface area contributed by atoms with Crippen LogP contribution in [0.15, 0.2) is 40.8 Å². The molecule has 1 fully saturated rings. The number of halogens is 1. The van der Waals surface area contributed by atoms with E-state index in [1.807, 2.05) is 40.6 Å². The van der Waals surface area contributed by atoms with E-state index in [0.717, 1.165) is 40.2 Å². The van der Waals surface area contributed by atoms with Crippen LogP contribution in [0.2, 0.25) is 4.34 Å². The van der Waals surface area contributed by atoms with Gasteiger partial charge in [0.15, 0.2) is 23.6 Å². The number of nitrogens with one attached hydrogen (secondary N) is 2. The Morgan fingerprint density at radius 2 is 2.09 bits per heavy atom. The van der Waals surface area contributed by atoms with E-state index < -0.39 is 47.0 Å². The largest absolute Gasteiger partial charge is 0.478 e. The number of rotatable bonds is 13. The Labute approximate surface area is 275 Å². The van der Waals surface area contributed by atoms with Crippen LogP contribution in [0.3, 0.4) is 0 Å². The van der Waals surface area contributed by atoms with Crippen molar-refractivity contribution in [1.29, 1.82) is 0 Å². The van der Waals surface area contributed by atoms with Gasteiger partial charge in [0.05, 0.1) is 6.07 Å². The van der Waals surface area contributed by atoms with Crippen LogP contribution in [-0.4, -0.2) is 91.0 Å². The summed E-state index contributed by atoms with van der Waals surface area (Å²) in [5.41, 5.74) is 13.5. The molecule has 2 aliphatic rings. The van der Waals surface area contributed by atoms with Crippen molar-refractivity contribution >= 4 is 86.1 Å². The molecule has 2 aliphatic heterocycles. The Morgan fingerprint density at radius 3 is 2.74 bits per heavy atom. The number of aryl methyl sites for hydroxylation is 1. The molecule has 0 spiro atoms. The van der Waals surface area contributed by atoms with Crippen molar-refractivity contribution in [3.8, 4) is 0 Å². The summed E-state index contributed by atoms with van der Waals surface area (Å²) >= 11 is 8.33. The number of nitrogens with two attached hydrogens (primary N) is 2. The molecule has 0 aromatic carbocycles. The molecule has 16 nitrogen and oxygen atoms in total. The van der Waals surface area contributed by atoms with E-state index in [9.17, 15) is 24.3 Å². The maximum Gasteiger partial charge on any atom is 0.352 e. The summed E-state index contributed by atoms with van der Waals surface area (Å²) in [5, 5.41) is 28.0. The second-order valence-electron chi connectivity index (χ2n) is 10.4. The first-order valence-electron chi connectivity index (χ1n) is 13.9. The smallest absolute Gasteiger partial charge is 0.352 e. The maximum absolute atomic E-state index is 13.4. The highest BCUT2D eigenvalue weighted by molar-refractivity contribution is 8.00. The van der Waals surface area contributed by atoms with Gasteiger partial charge < -0.3 is 41.7 Å². The number of carbonyl (C=O) groups is 4. The highest BCUT2D eigenvalue weighted by Gasteiger charge is 2.55. The number of oxime groups is 1. The minimum atomic E-state index is -1.41. The third-order valence-electron chi connectivity index (χ3n) is 7.38. The zero-order chi connectivity index (χ0) is 33.3. The van der Waals surface area contributed by atoms with Crippen molar-refractivity contribution in [1.82, 2.24) is 25.1 Å². The third-order valence-corrected chi connectivity index (χ3v) is 9.80. The number of anilines is 2. The number of aromatic nitrogens is 3. The number of pyridine rings is 1. The molecular weight excluding hydrogens is 662 g/mol. The van der Waals surface area contributed by atoms with E-state index in [1.165, 1.54) is 18.7 Å². The number of amides is 2. The Hall–Kier alpha value is -4.39. The number of nitrogens with zero attached hydrogens (tertiary/aromatic N) is 5. The van der Waals surface area contributed by atoms with Crippen molar-refractivity contribution < 1.29 is 38.8 Å². The fourth-order valence-corrected chi connectivity index (χ4v) is 7.41. The van der Waals surface area contributed by atoms with Gasteiger partial charge in [-0.2, -0.15) is 4.57 Å². The summed E-state index contributed by atoms with van der Waals surface area (Å²) in [6.45, 7) is 2.92. The highest BCUT2D eigenvalue weighted by atomic mass is 35.5. The summed E-state index contributed by atoms with van der Waals surface area (Å²) in [5.74, 6) is -3.35. The maximum atomic E-state index is 13.4. The van der Waals surface area contributed by atoms with Crippen LogP contribution in [0.4, 0.5) is 10.9 Å². The number of aliphatic carboxylic acids is 2. The Morgan fingerprint density at radius 1 is 1.33 bits per heavy atom. The molecule has 8 N–H and O–H groups in total. The SMILES string of the molecule is CNCCCn1c(N)cc2c1ccc[n+]2CC1=C(C(=O)O)N2C(=O)C(NC(=O)C(=NO[C@@H](C)C(=O)O)c3nc(N)sc3Cl)C2SC1. The molecule has 5 rings (SSSR count). The van der Waals surface area contributed by atoms with Gasteiger partial charge in [-0.15, -0.1) is 11.8 Å². The molecule has 19 heteroatoms. The van der Waals surface area contributed by atoms with Crippen LogP contribution in [0.5, 0.6) is 0 Å².